The van der Waals surface area contributed by atoms with Gasteiger partial charge in [-0.1, -0.05) is 36.4 Å². The molecule has 0 unspecified atom stereocenters. The Kier molecular flexibility index (Phi) is 8.73. The van der Waals surface area contributed by atoms with Crippen molar-refractivity contribution in [3.63, 3.8) is 0 Å². The highest BCUT2D eigenvalue weighted by atomic mass is 127. The van der Waals surface area contributed by atoms with Gasteiger partial charge in [0.1, 0.15) is 18.4 Å². The van der Waals surface area contributed by atoms with Crippen molar-refractivity contribution in [1.29, 1.82) is 0 Å². The number of aromatic nitrogens is 3. The number of ether oxygens (including phenoxy) is 1. The zero-order chi connectivity index (χ0) is 18.9. The summed E-state index contributed by atoms with van der Waals surface area (Å²) in [6.45, 7) is 2.09. The van der Waals surface area contributed by atoms with Gasteiger partial charge in [-0.2, -0.15) is 5.10 Å². The maximum Gasteiger partial charge on any atom is 0.191 e. The number of rotatable bonds is 7. The van der Waals surface area contributed by atoms with E-state index in [0.29, 0.717) is 19.6 Å². The third-order valence-corrected chi connectivity index (χ3v) is 4.11. The molecule has 8 heteroatoms. The van der Waals surface area contributed by atoms with Crippen molar-refractivity contribution in [2.45, 2.75) is 19.6 Å². The molecule has 3 rings (SSSR count). The summed E-state index contributed by atoms with van der Waals surface area (Å²) in [6, 6.07) is 16.4. The van der Waals surface area contributed by atoms with Crippen LogP contribution in [0.4, 0.5) is 0 Å². The van der Waals surface area contributed by atoms with E-state index >= 15 is 0 Å². The van der Waals surface area contributed by atoms with E-state index in [1.165, 1.54) is 11.1 Å². The maximum atomic E-state index is 5.18. The predicted octanol–water partition coefficient (Wildman–Crippen LogP) is 2.82. The molecule has 148 valence electrons. The summed E-state index contributed by atoms with van der Waals surface area (Å²) in [5.41, 5.74) is 3.52. The molecule has 0 aliphatic heterocycles. The van der Waals surface area contributed by atoms with Crippen molar-refractivity contribution in [2.24, 2.45) is 4.99 Å². The van der Waals surface area contributed by atoms with Gasteiger partial charge < -0.3 is 15.4 Å². The lowest BCUT2D eigenvalue weighted by atomic mass is 10.1. The smallest absolute Gasteiger partial charge is 0.191 e. The molecule has 7 nitrogen and oxygen atoms in total. The Morgan fingerprint density at radius 3 is 2.39 bits per heavy atom. The molecule has 0 atom stereocenters. The van der Waals surface area contributed by atoms with Crippen molar-refractivity contribution >= 4 is 29.9 Å². The minimum absolute atomic E-state index is 0. The number of nitrogens with one attached hydrogen (secondary N) is 2. The fourth-order valence-electron chi connectivity index (χ4n) is 2.67. The molecule has 0 spiro atoms. The van der Waals surface area contributed by atoms with Crippen molar-refractivity contribution in [2.75, 3.05) is 14.2 Å². The van der Waals surface area contributed by atoms with Gasteiger partial charge in [-0.05, 0) is 28.8 Å². The first-order valence-corrected chi connectivity index (χ1v) is 8.74. The molecule has 0 saturated heterocycles. The van der Waals surface area contributed by atoms with Crippen LogP contribution in [-0.4, -0.2) is 34.9 Å². The van der Waals surface area contributed by atoms with Crippen LogP contribution in [0.5, 0.6) is 5.75 Å². The van der Waals surface area contributed by atoms with Crippen LogP contribution in [0.15, 0.2) is 66.2 Å². The fraction of sp³-hybridized carbons (Fsp3) is 0.250. The van der Waals surface area contributed by atoms with E-state index in [4.69, 9.17) is 4.74 Å². The van der Waals surface area contributed by atoms with E-state index in [1.807, 2.05) is 28.9 Å². The summed E-state index contributed by atoms with van der Waals surface area (Å²) >= 11 is 0. The standard InChI is InChI=1S/C20H24N6O.HI/c1-21-20(23-11-16-6-8-19(27-2)9-7-16)24-12-17-4-3-5-18(10-17)13-26-15-22-14-25-26;/h3-10,14-15H,11-13H2,1-2H3,(H2,21,23,24);1H. The molecule has 1 aromatic heterocycles. The molecule has 0 radical (unpaired) electrons. The number of nitrogens with zero attached hydrogens (tertiary/aromatic N) is 4. The van der Waals surface area contributed by atoms with Crippen LogP contribution in [0.1, 0.15) is 16.7 Å². The number of hydrogen-bond donors (Lipinski definition) is 2. The van der Waals surface area contributed by atoms with Gasteiger partial charge in [0.2, 0.25) is 0 Å². The van der Waals surface area contributed by atoms with Crippen LogP contribution >= 0.6 is 24.0 Å². The van der Waals surface area contributed by atoms with Gasteiger partial charge in [0.15, 0.2) is 5.96 Å². The van der Waals surface area contributed by atoms with Gasteiger partial charge in [0.05, 0.1) is 13.7 Å². The molecule has 1 heterocycles. The summed E-state index contributed by atoms with van der Waals surface area (Å²) < 4.78 is 6.99. The van der Waals surface area contributed by atoms with Crippen LogP contribution in [-0.2, 0) is 19.6 Å². The number of halogens is 1. The number of aliphatic imine (C=N–C) groups is 1. The Bertz CT molecular complexity index is 865. The molecular formula is C20H25IN6O. The van der Waals surface area contributed by atoms with Gasteiger partial charge in [0.25, 0.3) is 0 Å². The summed E-state index contributed by atoms with van der Waals surface area (Å²) in [7, 11) is 3.43. The highest BCUT2D eigenvalue weighted by molar-refractivity contribution is 14.0. The Labute approximate surface area is 182 Å². The van der Waals surface area contributed by atoms with E-state index in [1.54, 1.807) is 26.8 Å². The van der Waals surface area contributed by atoms with Gasteiger partial charge in [-0.25, -0.2) is 9.67 Å². The number of benzene rings is 2. The molecule has 0 aliphatic rings. The van der Waals surface area contributed by atoms with Gasteiger partial charge >= 0.3 is 0 Å². The molecular weight excluding hydrogens is 467 g/mol. The predicted molar refractivity (Wildman–Crippen MR) is 121 cm³/mol. The monoisotopic (exact) mass is 492 g/mol. The second kappa shape index (κ2) is 11.3. The van der Waals surface area contributed by atoms with Gasteiger partial charge in [0, 0.05) is 20.1 Å². The third kappa shape index (κ3) is 6.52. The molecule has 3 aromatic rings. The highest BCUT2D eigenvalue weighted by Crippen LogP contribution is 2.11. The third-order valence-electron chi connectivity index (χ3n) is 4.11. The Morgan fingerprint density at radius 1 is 1.04 bits per heavy atom. The second-order valence-electron chi connectivity index (χ2n) is 6.04. The average Bonchev–Trinajstić information content (AvgIpc) is 3.22. The largest absolute Gasteiger partial charge is 0.497 e. The summed E-state index contributed by atoms with van der Waals surface area (Å²) in [4.78, 5) is 8.26. The Morgan fingerprint density at radius 2 is 1.75 bits per heavy atom. The first kappa shape index (κ1) is 21.7. The van der Waals surface area contributed by atoms with Crippen LogP contribution < -0.4 is 15.4 Å². The highest BCUT2D eigenvalue weighted by Gasteiger charge is 2.02. The first-order valence-electron chi connectivity index (χ1n) is 8.74. The van der Waals surface area contributed by atoms with Crippen LogP contribution in [0, 0.1) is 0 Å². The Hall–Kier alpha value is -2.62. The molecule has 2 aromatic carbocycles. The van der Waals surface area contributed by atoms with E-state index < -0.39 is 0 Å². The Balaban J connectivity index is 0.00000280. The summed E-state index contributed by atoms with van der Waals surface area (Å²) in [6.07, 6.45) is 3.26. The molecule has 0 fully saturated rings. The quantitative estimate of drug-likeness (QED) is 0.302. The molecule has 0 amide bonds. The topological polar surface area (TPSA) is 76.4 Å². The SMILES string of the molecule is CN=C(NCc1ccc(OC)cc1)NCc1cccc(Cn2cncn2)c1.I. The first-order chi connectivity index (χ1) is 13.3. The van der Waals surface area contributed by atoms with Crippen molar-refractivity contribution < 1.29 is 4.74 Å². The van der Waals surface area contributed by atoms with E-state index in [2.05, 4.69) is 50.0 Å². The minimum Gasteiger partial charge on any atom is -0.497 e. The fourth-order valence-corrected chi connectivity index (χ4v) is 2.67. The molecule has 2 N–H and O–H groups in total. The van der Waals surface area contributed by atoms with Gasteiger partial charge in [-0.15, -0.1) is 24.0 Å². The lowest BCUT2D eigenvalue weighted by Gasteiger charge is -2.13. The van der Waals surface area contributed by atoms with E-state index in [0.717, 1.165) is 17.3 Å². The van der Waals surface area contributed by atoms with Gasteiger partial charge in [-0.3, -0.25) is 4.99 Å². The van der Waals surface area contributed by atoms with Crippen molar-refractivity contribution in [3.05, 3.63) is 77.9 Å². The van der Waals surface area contributed by atoms with E-state index in [-0.39, 0.29) is 24.0 Å². The molecule has 0 aliphatic carbocycles. The minimum atomic E-state index is 0. The zero-order valence-corrected chi connectivity index (χ0v) is 18.3. The molecule has 28 heavy (non-hydrogen) atoms. The van der Waals surface area contributed by atoms with Crippen LogP contribution in [0.3, 0.4) is 0 Å². The average molecular weight is 492 g/mol. The lowest BCUT2D eigenvalue weighted by molar-refractivity contribution is 0.414. The number of methoxy groups -OCH3 is 1. The van der Waals surface area contributed by atoms with Crippen LogP contribution in [0.25, 0.3) is 0 Å². The van der Waals surface area contributed by atoms with Crippen molar-refractivity contribution in [1.82, 2.24) is 25.4 Å². The van der Waals surface area contributed by atoms with Crippen LogP contribution in [0.2, 0.25) is 0 Å². The summed E-state index contributed by atoms with van der Waals surface area (Å²) in [5.74, 6) is 1.61. The number of hydrogen-bond acceptors (Lipinski definition) is 4. The van der Waals surface area contributed by atoms with Crippen molar-refractivity contribution in [3.8, 4) is 5.75 Å². The normalized spacial score (nSPS) is 10.9. The maximum absolute atomic E-state index is 5.18. The zero-order valence-electron chi connectivity index (χ0n) is 16.0. The molecule has 0 saturated carbocycles. The second-order valence-corrected chi connectivity index (χ2v) is 6.04. The number of guanidine groups is 1. The lowest BCUT2D eigenvalue weighted by Crippen LogP contribution is -2.36. The summed E-state index contributed by atoms with van der Waals surface area (Å²) in [5, 5.41) is 10.8. The van der Waals surface area contributed by atoms with E-state index in [9.17, 15) is 0 Å². The molecule has 0 bridgehead atoms.